The third kappa shape index (κ3) is 3.80. The zero-order valence-electron chi connectivity index (χ0n) is 18.9. The molecule has 0 fully saturated rings. The lowest BCUT2D eigenvalue weighted by atomic mass is 9.97. The molecule has 5 heteroatoms. The Morgan fingerprint density at radius 1 is 1.03 bits per heavy atom. The molecule has 2 aromatic carbocycles. The molecule has 1 aliphatic rings. The summed E-state index contributed by atoms with van der Waals surface area (Å²) in [4.78, 5) is 22.2. The number of benzene rings is 2. The van der Waals surface area contributed by atoms with Crippen LogP contribution in [-0.2, 0) is 26.6 Å². The summed E-state index contributed by atoms with van der Waals surface area (Å²) in [7, 11) is 6.12. The van der Waals surface area contributed by atoms with E-state index in [0.717, 1.165) is 41.7 Å². The molecule has 5 nitrogen and oxygen atoms in total. The molecule has 0 aliphatic carbocycles. The Morgan fingerprint density at radius 3 is 2.62 bits per heavy atom. The number of aryl methyl sites for hydroxylation is 1. The van der Waals surface area contributed by atoms with Crippen LogP contribution in [-0.4, -0.2) is 45.9 Å². The fraction of sp³-hybridized carbons (Fsp3) is 0.259. The van der Waals surface area contributed by atoms with Gasteiger partial charge in [-0.15, -0.1) is 0 Å². The van der Waals surface area contributed by atoms with Crippen LogP contribution in [0.5, 0.6) is 0 Å². The number of pyridine rings is 1. The largest absolute Gasteiger partial charge is 0.338 e. The van der Waals surface area contributed by atoms with Gasteiger partial charge in [-0.2, -0.15) is 0 Å². The fourth-order valence-corrected chi connectivity index (χ4v) is 4.61. The van der Waals surface area contributed by atoms with Gasteiger partial charge in [0, 0.05) is 37.6 Å². The van der Waals surface area contributed by atoms with Crippen LogP contribution < -0.4 is 0 Å². The molecule has 162 valence electrons. The Bertz CT molecular complexity index is 1290. The van der Waals surface area contributed by atoms with Crippen molar-refractivity contribution in [1.29, 1.82) is 0 Å². The predicted octanol–water partition coefficient (Wildman–Crippen LogP) is 4.50. The van der Waals surface area contributed by atoms with E-state index in [9.17, 15) is 4.79 Å². The molecule has 0 radical (unpaired) electrons. The molecule has 0 N–H and O–H groups in total. The zero-order chi connectivity index (χ0) is 22.2. The van der Waals surface area contributed by atoms with E-state index >= 15 is 0 Å². The number of hydrogen-bond donors (Lipinski definition) is 0. The minimum absolute atomic E-state index is 0.0768. The van der Waals surface area contributed by atoms with Crippen molar-refractivity contribution >= 4 is 16.8 Å². The van der Waals surface area contributed by atoms with Gasteiger partial charge in [0.05, 0.1) is 17.4 Å². The SMILES string of the molecule is CN(C)Cc1ccc2c(c1)CCN(C(=O)c1cc3cc(-c4ccccc4)ncc3n1C)C2. The number of nitrogens with zero attached hydrogens (tertiary/aromatic N) is 4. The molecule has 0 spiro atoms. The first kappa shape index (κ1) is 20.5. The normalized spacial score (nSPS) is 13.6. The summed E-state index contributed by atoms with van der Waals surface area (Å²) in [6, 6.07) is 20.9. The van der Waals surface area contributed by atoms with Crippen molar-refractivity contribution in [3.8, 4) is 11.3 Å². The number of fused-ring (bicyclic) bond motifs is 2. The molecule has 0 bridgehead atoms. The summed E-state index contributed by atoms with van der Waals surface area (Å²) in [6.45, 7) is 2.34. The lowest BCUT2D eigenvalue weighted by Crippen LogP contribution is -2.36. The van der Waals surface area contributed by atoms with Crippen LogP contribution in [0.2, 0.25) is 0 Å². The van der Waals surface area contributed by atoms with Crippen molar-refractivity contribution in [3.63, 3.8) is 0 Å². The molecule has 4 aromatic rings. The standard InChI is InChI=1S/C27H28N4O/c1-29(2)17-19-9-10-22-18-31(12-11-21(22)13-19)27(32)25-15-23-14-24(20-7-5-4-6-8-20)28-16-26(23)30(25)3/h4-10,13-16H,11-12,17-18H2,1-3H3. The number of hydrogen-bond acceptors (Lipinski definition) is 3. The molecule has 3 heterocycles. The molecule has 1 aliphatic heterocycles. The molecule has 5 rings (SSSR count). The number of aromatic nitrogens is 2. The Kier molecular flexibility index (Phi) is 5.27. The van der Waals surface area contributed by atoms with Crippen LogP contribution in [0, 0.1) is 0 Å². The summed E-state index contributed by atoms with van der Waals surface area (Å²) in [5, 5.41) is 1.04. The summed E-state index contributed by atoms with van der Waals surface area (Å²) in [6.07, 6.45) is 2.76. The number of rotatable bonds is 4. The van der Waals surface area contributed by atoms with E-state index in [2.05, 4.69) is 60.4 Å². The van der Waals surface area contributed by atoms with E-state index in [4.69, 9.17) is 0 Å². The Morgan fingerprint density at radius 2 is 1.84 bits per heavy atom. The van der Waals surface area contributed by atoms with Gasteiger partial charge in [-0.3, -0.25) is 9.78 Å². The molecule has 2 aromatic heterocycles. The highest BCUT2D eigenvalue weighted by molar-refractivity contribution is 5.99. The van der Waals surface area contributed by atoms with E-state index in [1.807, 2.05) is 47.0 Å². The Labute approximate surface area is 188 Å². The maximum absolute atomic E-state index is 13.4. The van der Waals surface area contributed by atoms with Gasteiger partial charge in [0.15, 0.2) is 0 Å². The van der Waals surface area contributed by atoms with Crippen LogP contribution >= 0.6 is 0 Å². The predicted molar refractivity (Wildman–Crippen MR) is 128 cm³/mol. The first-order valence-electron chi connectivity index (χ1n) is 11.0. The lowest BCUT2D eigenvalue weighted by molar-refractivity contribution is 0.0725. The second kappa shape index (κ2) is 8.24. The number of carbonyl (C=O) groups is 1. The minimum Gasteiger partial charge on any atom is -0.338 e. The van der Waals surface area contributed by atoms with Crippen LogP contribution in [0.3, 0.4) is 0 Å². The summed E-state index contributed by atoms with van der Waals surface area (Å²) < 4.78 is 1.97. The van der Waals surface area contributed by atoms with Crippen molar-refractivity contribution < 1.29 is 4.79 Å². The van der Waals surface area contributed by atoms with E-state index in [0.29, 0.717) is 12.2 Å². The molecule has 0 saturated heterocycles. The van der Waals surface area contributed by atoms with Crippen LogP contribution in [0.15, 0.2) is 66.9 Å². The quantitative estimate of drug-likeness (QED) is 0.484. The molecular weight excluding hydrogens is 396 g/mol. The zero-order valence-corrected chi connectivity index (χ0v) is 18.9. The van der Waals surface area contributed by atoms with Crippen molar-refractivity contribution in [2.45, 2.75) is 19.5 Å². The lowest BCUT2D eigenvalue weighted by Gasteiger charge is -2.29. The third-order valence-electron chi connectivity index (χ3n) is 6.29. The van der Waals surface area contributed by atoms with E-state index in [1.54, 1.807) is 0 Å². The third-order valence-corrected chi connectivity index (χ3v) is 6.29. The van der Waals surface area contributed by atoms with Crippen LogP contribution in [0.1, 0.15) is 27.2 Å². The monoisotopic (exact) mass is 424 g/mol. The van der Waals surface area contributed by atoms with Gasteiger partial charge in [-0.05, 0) is 49.3 Å². The van der Waals surface area contributed by atoms with E-state index in [-0.39, 0.29) is 5.91 Å². The van der Waals surface area contributed by atoms with E-state index in [1.165, 1.54) is 16.7 Å². The highest BCUT2D eigenvalue weighted by Crippen LogP contribution is 2.27. The van der Waals surface area contributed by atoms with Gasteiger partial charge in [0.2, 0.25) is 0 Å². The molecular formula is C27H28N4O. The van der Waals surface area contributed by atoms with Crippen molar-refractivity contribution in [2.24, 2.45) is 7.05 Å². The second-order valence-electron chi connectivity index (χ2n) is 8.90. The molecule has 1 amide bonds. The highest BCUT2D eigenvalue weighted by atomic mass is 16.2. The van der Waals surface area contributed by atoms with Crippen LogP contribution in [0.25, 0.3) is 22.2 Å². The molecule has 0 unspecified atom stereocenters. The minimum atomic E-state index is 0.0768. The van der Waals surface area contributed by atoms with Gasteiger partial charge < -0.3 is 14.4 Å². The van der Waals surface area contributed by atoms with Crippen molar-refractivity contribution in [3.05, 3.63) is 89.2 Å². The van der Waals surface area contributed by atoms with Gasteiger partial charge >= 0.3 is 0 Å². The topological polar surface area (TPSA) is 41.4 Å². The maximum Gasteiger partial charge on any atom is 0.270 e. The summed E-state index contributed by atoms with van der Waals surface area (Å²) >= 11 is 0. The fourth-order valence-electron chi connectivity index (χ4n) is 4.61. The average Bonchev–Trinajstić information content (AvgIpc) is 3.14. The highest BCUT2D eigenvalue weighted by Gasteiger charge is 2.24. The van der Waals surface area contributed by atoms with Crippen molar-refractivity contribution in [2.75, 3.05) is 20.6 Å². The average molecular weight is 425 g/mol. The van der Waals surface area contributed by atoms with Crippen molar-refractivity contribution in [1.82, 2.24) is 19.4 Å². The Hall–Kier alpha value is -3.44. The van der Waals surface area contributed by atoms with E-state index < -0.39 is 0 Å². The van der Waals surface area contributed by atoms with Gasteiger partial charge in [0.25, 0.3) is 5.91 Å². The summed E-state index contributed by atoms with van der Waals surface area (Å²) in [5.41, 5.74) is 7.61. The Balaban J connectivity index is 1.41. The first-order chi connectivity index (χ1) is 15.5. The number of amides is 1. The number of carbonyl (C=O) groups excluding carboxylic acids is 1. The second-order valence-corrected chi connectivity index (χ2v) is 8.90. The molecule has 32 heavy (non-hydrogen) atoms. The van der Waals surface area contributed by atoms with Gasteiger partial charge in [-0.1, -0.05) is 48.5 Å². The molecule has 0 atom stereocenters. The van der Waals surface area contributed by atoms with Gasteiger partial charge in [0.1, 0.15) is 5.69 Å². The smallest absolute Gasteiger partial charge is 0.270 e. The summed E-state index contributed by atoms with van der Waals surface area (Å²) in [5.74, 6) is 0.0768. The first-order valence-corrected chi connectivity index (χ1v) is 11.0. The maximum atomic E-state index is 13.4. The van der Waals surface area contributed by atoms with Gasteiger partial charge in [-0.25, -0.2) is 0 Å². The molecule has 0 saturated carbocycles. The van der Waals surface area contributed by atoms with Crippen LogP contribution in [0.4, 0.5) is 0 Å².